The van der Waals surface area contributed by atoms with Gasteiger partial charge in [0.05, 0.1) is 6.04 Å². The first-order chi connectivity index (χ1) is 10.1. The van der Waals surface area contributed by atoms with Crippen LogP contribution in [0.25, 0.3) is 0 Å². The average molecular weight is 310 g/mol. The van der Waals surface area contributed by atoms with E-state index in [4.69, 9.17) is 16.3 Å². The quantitative estimate of drug-likeness (QED) is 0.741. The van der Waals surface area contributed by atoms with Gasteiger partial charge in [0.2, 0.25) is 5.91 Å². The normalized spacial score (nSPS) is 19.8. The number of methoxy groups -OCH3 is 1. The third-order valence-electron chi connectivity index (χ3n) is 4.20. The molecule has 1 aliphatic rings. The maximum Gasteiger partial charge on any atom is 0.225 e. The molecule has 3 nitrogen and oxygen atoms in total. The van der Waals surface area contributed by atoms with Crippen molar-refractivity contribution in [2.24, 2.45) is 5.92 Å². The summed E-state index contributed by atoms with van der Waals surface area (Å²) in [6.07, 6.45) is 3.93. The molecule has 0 aliphatic carbocycles. The van der Waals surface area contributed by atoms with Crippen molar-refractivity contribution in [3.8, 4) is 0 Å². The molecule has 0 saturated carbocycles. The van der Waals surface area contributed by atoms with Crippen molar-refractivity contribution in [2.75, 3.05) is 20.3 Å². The first-order valence-corrected chi connectivity index (χ1v) is 8.06. The summed E-state index contributed by atoms with van der Waals surface area (Å²) < 4.78 is 5.06. The first-order valence-electron chi connectivity index (χ1n) is 7.68. The van der Waals surface area contributed by atoms with Gasteiger partial charge in [-0.25, -0.2) is 0 Å². The maximum absolute atomic E-state index is 12.6. The molecule has 1 fully saturated rings. The number of amides is 1. The topological polar surface area (TPSA) is 29.5 Å². The minimum absolute atomic E-state index is 0.0630. The van der Waals surface area contributed by atoms with Crippen LogP contribution in [-0.2, 0) is 9.53 Å². The number of carbonyl (C=O) groups excluding carboxylic acids is 1. The van der Waals surface area contributed by atoms with Crippen LogP contribution in [0.1, 0.15) is 44.2 Å². The highest BCUT2D eigenvalue weighted by atomic mass is 35.5. The second kappa shape index (κ2) is 7.81. The van der Waals surface area contributed by atoms with Gasteiger partial charge in [0.25, 0.3) is 0 Å². The second-order valence-electron chi connectivity index (χ2n) is 5.78. The largest absolute Gasteiger partial charge is 0.385 e. The van der Waals surface area contributed by atoms with E-state index in [0.29, 0.717) is 0 Å². The van der Waals surface area contributed by atoms with E-state index < -0.39 is 0 Å². The number of benzene rings is 1. The molecule has 1 aromatic rings. The van der Waals surface area contributed by atoms with Gasteiger partial charge in [-0.05, 0) is 43.4 Å². The monoisotopic (exact) mass is 309 g/mol. The van der Waals surface area contributed by atoms with Crippen molar-refractivity contribution < 1.29 is 9.53 Å². The van der Waals surface area contributed by atoms with Crippen LogP contribution in [0.2, 0.25) is 5.02 Å². The number of halogens is 1. The van der Waals surface area contributed by atoms with Crippen LogP contribution in [0.5, 0.6) is 0 Å². The Bertz CT molecular complexity index is 460. The Morgan fingerprint density at radius 2 is 2.14 bits per heavy atom. The van der Waals surface area contributed by atoms with E-state index in [1.165, 1.54) is 5.56 Å². The van der Waals surface area contributed by atoms with Crippen LogP contribution in [0.15, 0.2) is 24.3 Å². The molecule has 1 aliphatic heterocycles. The molecule has 0 bridgehead atoms. The summed E-state index contributed by atoms with van der Waals surface area (Å²) in [6.45, 7) is 3.61. The Hall–Kier alpha value is -1.06. The molecule has 1 amide bonds. The molecule has 0 aromatic heterocycles. The minimum Gasteiger partial charge on any atom is -0.385 e. The van der Waals surface area contributed by atoms with Crippen LogP contribution >= 0.6 is 11.6 Å². The van der Waals surface area contributed by atoms with Crippen LogP contribution in [-0.4, -0.2) is 31.1 Å². The van der Waals surface area contributed by atoms with Crippen molar-refractivity contribution in [2.45, 2.75) is 38.6 Å². The van der Waals surface area contributed by atoms with E-state index in [1.807, 2.05) is 36.1 Å². The van der Waals surface area contributed by atoms with Gasteiger partial charge in [-0.1, -0.05) is 30.7 Å². The second-order valence-corrected chi connectivity index (χ2v) is 6.21. The molecule has 1 aromatic carbocycles. The first kappa shape index (κ1) is 16.3. The number of ether oxygens (including phenoxy) is 1. The molecule has 0 radical (unpaired) electrons. The predicted molar refractivity (Wildman–Crippen MR) is 85.4 cm³/mol. The van der Waals surface area contributed by atoms with E-state index in [9.17, 15) is 4.79 Å². The molecule has 0 N–H and O–H groups in total. The number of hydrogen-bond donors (Lipinski definition) is 0. The highest BCUT2D eigenvalue weighted by Crippen LogP contribution is 2.34. The fourth-order valence-electron chi connectivity index (χ4n) is 3.00. The lowest BCUT2D eigenvalue weighted by Crippen LogP contribution is -2.34. The van der Waals surface area contributed by atoms with Gasteiger partial charge in [-0.3, -0.25) is 4.79 Å². The van der Waals surface area contributed by atoms with E-state index in [0.717, 1.165) is 43.9 Å². The summed E-state index contributed by atoms with van der Waals surface area (Å²) in [4.78, 5) is 14.7. The molecule has 4 heteroatoms. The van der Waals surface area contributed by atoms with E-state index in [1.54, 1.807) is 7.11 Å². The summed E-state index contributed by atoms with van der Waals surface area (Å²) in [5, 5.41) is 0.738. The number of likely N-dealkylation sites (tertiary alicyclic amines) is 1. The van der Waals surface area contributed by atoms with Gasteiger partial charge >= 0.3 is 0 Å². The van der Waals surface area contributed by atoms with Crippen LogP contribution < -0.4 is 0 Å². The molecule has 2 rings (SSSR count). The van der Waals surface area contributed by atoms with Gasteiger partial charge in [0, 0.05) is 31.2 Å². The Labute approximate surface area is 132 Å². The Kier molecular flexibility index (Phi) is 6.07. The van der Waals surface area contributed by atoms with E-state index >= 15 is 0 Å². The van der Waals surface area contributed by atoms with Crippen LogP contribution in [0, 0.1) is 5.92 Å². The third-order valence-corrected chi connectivity index (χ3v) is 4.45. The zero-order valence-corrected chi connectivity index (χ0v) is 13.6. The number of hydrogen-bond acceptors (Lipinski definition) is 2. The van der Waals surface area contributed by atoms with Gasteiger partial charge < -0.3 is 9.64 Å². The van der Waals surface area contributed by atoms with Crippen molar-refractivity contribution in [1.29, 1.82) is 0 Å². The molecule has 1 saturated heterocycles. The molecule has 116 valence electrons. The van der Waals surface area contributed by atoms with Crippen LogP contribution in [0.3, 0.4) is 0 Å². The van der Waals surface area contributed by atoms with Gasteiger partial charge in [0.15, 0.2) is 0 Å². The smallest absolute Gasteiger partial charge is 0.225 e. The van der Waals surface area contributed by atoms with Crippen molar-refractivity contribution in [3.63, 3.8) is 0 Å². The lowest BCUT2D eigenvalue weighted by Gasteiger charge is -2.28. The molecule has 1 heterocycles. The highest BCUT2D eigenvalue weighted by molar-refractivity contribution is 6.30. The minimum atomic E-state index is 0.0630. The van der Waals surface area contributed by atoms with Gasteiger partial charge in [-0.15, -0.1) is 0 Å². The SMILES string of the molecule is COCCC[C@@H](C)C(=O)N1CCC[C@H]1c1ccc(Cl)cc1. The number of nitrogens with zero attached hydrogens (tertiary/aromatic N) is 1. The van der Waals surface area contributed by atoms with Gasteiger partial charge in [-0.2, -0.15) is 0 Å². The highest BCUT2D eigenvalue weighted by Gasteiger charge is 2.31. The number of rotatable bonds is 6. The lowest BCUT2D eigenvalue weighted by atomic mass is 10.0. The Morgan fingerprint density at radius 3 is 2.81 bits per heavy atom. The summed E-state index contributed by atoms with van der Waals surface area (Å²) in [7, 11) is 1.70. The zero-order valence-electron chi connectivity index (χ0n) is 12.8. The lowest BCUT2D eigenvalue weighted by molar-refractivity contribution is -0.136. The fourth-order valence-corrected chi connectivity index (χ4v) is 3.13. The third kappa shape index (κ3) is 4.21. The Morgan fingerprint density at radius 1 is 1.43 bits per heavy atom. The summed E-state index contributed by atoms with van der Waals surface area (Å²) >= 11 is 5.95. The van der Waals surface area contributed by atoms with Gasteiger partial charge in [0.1, 0.15) is 0 Å². The zero-order chi connectivity index (χ0) is 15.2. The van der Waals surface area contributed by atoms with Crippen molar-refractivity contribution >= 4 is 17.5 Å². The fraction of sp³-hybridized carbons (Fsp3) is 0.588. The summed E-state index contributed by atoms with van der Waals surface area (Å²) in [5.74, 6) is 0.330. The molecular weight excluding hydrogens is 286 g/mol. The van der Waals surface area contributed by atoms with E-state index in [2.05, 4.69) is 0 Å². The predicted octanol–water partition coefficient (Wildman–Crippen LogP) is 4.07. The molecule has 0 spiro atoms. The molecule has 2 atom stereocenters. The molecule has 21 heavy (non-hydrogen) atoms. The molecular formula is C17H24ClNO2. The Balaban J connectivity index is 2.00. The van der Waals surface area contributed by atoms with Crippen LogP contribution in [0.4, 0.5) is 0 Å². The van der Waals surface area contributed by atoms with Crippen molar-refractivity contribution in [1.82, 2.24) is 4.90 Å². The summed E-state index contributed by atoms with van der Waals surface area (Å²) in [6, 6.07) is 8.09. The number of carbonyl (C=O) groups is 1. The average Bonchev–Trinajstić information content (AvgIpc) is 2.96. The summed E-state index contributed by atoms with van der Waals surface area (Å²) in [5.41, 5.74) is 1.19. The molecule has 0 unspecified atom stereocenters. The maximum atomic E-state index is 12.6. The van der Waals surface area contributed by atoms with Crippen molar-refractivity contribution in [3.05, 3.63) is 34.9 Å². The van der Waals surface area contributed by atoms with E-state index in [-0.39, 0.29) is 17.9 Å². The standard InChI is InChI=1S/C17H24ClNO2/c1-13(5-4-12-21-2)17(20)19-11-3-6-16(19)14-7-9-15(18)10-8-14/h7-10,13,16H,3-6,11-12H2,1-2H3/t13-,16+/m1/s1.